The van der Waals surface area contributed by atoms with Crippen molar-refractivity contribution >= 4 is 17.5 Å². The molecular formula is C28H38F3N7O3. The van der Waals surface area contributed by atoms with Crippen LogP contribution in [0.5, 0.6) is 5.75 Å². The highest BCUT2D eigenvalue weighted by molar-refractivity contribution is 6.06. The van der Waals surface area contributed by atoms with Crippen LogP contribution in [0, 0.1) is 0 Å². The predicted molar refractivity (Wildman–Crippen MR) is 149 cm³/mol. The van der Waals surface area contributed by atoms with Crippen LogP contribution < -0.4 is 20.7 Å². The number of aliphatic hydroxyl groups is 1. The second kappa shape index (κ2) is 11.4. The molecule has 0 saturated carbocycles. The normalized spacial score (nSPS) is 23.0. The van der Waals surface area contributed by atoms with Crippen LogP contribution in [0.3, 0.4) is 0 Å². The van der Waals surface area contributed by atoms with Crippen molar-refractivity contribution in [1.82, 2.24) is 20.1 Å². The Morgan fingerprint density at radius 3 is 2.56 bits per heavy atom. The second-order valence-electron chi connectivity index (χ2n) is 11.3. The number of aromatic nitrogens is 1. The zero-order valence-electron chi connectivity index (χ0n) is 23.4. The van der Waals surface area contributed by atoms with Crippen molar-refractivity contribution in [3.63, 3.8) is 0 Å². The molecule has 41 heavy (non-hydrogen) atoms. The number of alkyl halides is 3. The number of fused-ring (bicyclic) bond motifs is 2. The molecule has 10 nitrogen and oxygen atoms in total. The van der Waals surface area contributed by atoms with E-state index in [0.717, 1.165) is 69.6 Å². The Morgan fingerprint density at radius 1 is 1.10 bits per heavy atom. The van der Waals surface area contributed by atoms with E-state index in [1.54, 1.807) is 0 Å². The molecule has 1 aromatic heterocycles. The molecule has 4 aliphatic rings. The van der Waals surface area contributed by atoms with Gasteiger partial charge in [-0.05, 0) is 32.8 Å². The van der Waals surface area contributed by atoms with Gasteiger partial charge in [-0.15, -0.1) is 0 Å². The zero-order chi connectivity index (χ0) is 28.7. The van der Waals surface area contributed by atoms with Gasteiger partial charge in [0, 0.05) is 67.6 Å². The molecule has 5 heterocycles. The number of hydrogen-bond acceptors (Lipinski definition) is 9. The minimum atomic E-state index is -4.51. The number of hydrogen-bond donors (Lipinski definition) is 5. The molecule has 5 N–H and O–H groups in total. The number of aliphatic hydroxyl groups excluding tert-OH is 1. The summed E-state index contributed by atoms with van der Waals surface area (Å²) in [6.07, 6.45) is -2.51. The Morgan fingerprint density at radius 2 is 1.85 bits per heavy atom. The monoisotopic (exact) mass is 577 g/mol. The predicted octanol–water partition coefficient (Wildman–Crippen LogP) is 3.65. The fourth-order valence-corrected chi connectivity index (χ4v) is 6.32. The Bertz CT molecular complexity index is 1270. The van der Waals surface area contributed by atoms with Crippen LogP contribution in [0.1, 0.15) is 61.3 Å². The standard InChI is InChI=1S/C28H38F3N7O3/c1-16(2)33-25-22-20(28(29,30)31)15-32-24(22)35-27(36-25)34-21-4-3-19(18-7-12-41-23(18)21)26(39)38-8-5-17(6-9-38)37-10-13-40-14-11-37/h3-4,15-17,25-26,32-33,39H,5-14H2,1-2H3,(H2,34,35,36). The Hall–Kier alpha value is -2.84. The molecule has 0 spiro atoms. The SMILES string of the molecule is CC(C)NC1N=C(Nc2ccc(C(O)N3CCC(N4CCOCC4)CC3)c3c2OCC3)Nc2[nH]cc(C(F)(F)F)c21. The third-order valence-corrected chi connectivity index (χ3v) is 8.33. The van der Waals surface area contributed by atoms with Gasteiger partial charge >= 0.3 is 6.18 Å². The minimum absolute atomic E-state index is 0.0362. The maximum Gasteiger partial charge on any atom is 0.418 e. The number of aliphatic imine (C=N–C) groups is 1. The van der Waals surface area contributed by atoms with Crippen LogP contribution in [0.4, 0.5) is 24.7 Å². The number of nitrogens with one attached hydrogen (secondary N) is 4. The van der Waals surface area contributed by atoms with E-state index in [-0.39, 0.29) is 17.4 Å². The van der Waals surface area contributed by atoms with Crippen molar-refractivity contribution in [2.24, 2.45) is 4.99 Å². The van der Waals surface area contributed by atoms with Gasteiger partial charge in [-0.25, -0.2) is 4.99 Å². The number of H-pyrrole nitrogens is 1. The molecule has 0 aliphatic carbocycles. The number of likely N-dealkylation sites (tertiary alicyclic amines) is 1. The summed E-state index contributed by atoms with van der Waals surface area (Å²) in [7, 11) is 0. The first-order chi connectivity index (χ1) is 19.7. The molecule has 224 valence electrons. The van der Waals surface area contributed by atoms with Crippen molar-refractivity contribution in [2.75, 3.05) is 56.6 Å². The van der Waals surface area contributed by atoms with Gasteiger partial charge in [0.2, 0.25) is 5.96 Å². The lowest BCUT2D eigenvalue weighted by molar-refractivity contribution is -0.138. The van der Waals surface area contributed by atoms with E-state index < -0.39 is 24.1 Å². The second-order valence-corrected chi connectivity index (χ2v) is 11.3. The van der Waals surface area contributed by atoms with Crippen LogP contribution in [0.25, 0.3) is 0 Å². The number of rotatable bonds is 6. The first kappa shape index (κ1) is 28.3. The Balaban J connectivity index is 1.18. The van der Waals surface area contributed by atoms with E-state index in [0.29, 0.717) is 36.5 Å². The Labute approximate surface area is 237 Å². The number of piperidine rings is 1. The van der Waals surface area contributed by atoms with Gasteiger partial charge < -0.3 is 30.2 Å². The summed E-state index contributed by atoms with van der Waals surface area (Å²) < 4.78 is 52.5. The van der Waals surface area contributed by atoms with Crippen molar-refractivity contribution in [3.05, 3.63) is 40.6 Å². The summed E-state index contributed by atoms with van der Waals surface area (Å²) in [5.41, 5.74) is 1.69. The Kier molecular flexibility index (Phi) is 7.90. The number of benzene rings is 1. The number of nitrogens with zero attached hydrogens (tertiary/aromatic N) is 3. The van der Waals surface area contributed by atoms with Gasteiger partial charge in [0.1, 0.15) is 24.0 Å². The van der Waals surface area contributed by atoms with Crippen LogP contribution in [0.15, 0.2) is 23.3 Å². The molecule has 0 amide bonds. The zero-order valence-corrected chi connectivity index (χ0v) is 23.4. The van der Waals surface area contributed by atoms with E-state index in [1.807, 2.05) is 26.0 Å². The van der Waals surface area contributed by atoms with Gasteiger partial charge in [-0.3, -0.25) is 15.1 Å². The highest BCUT2D eigenvalue weighted by Gasteiger charge is 2.40. The van der Waals surface area contributed by atoms with Gasteiger partial charge in [-0.1, -0.05) is 6.07 Å². The van der Waals surface area contributed by atoms with Gasteiger partial charge in [0.25, 0.3) is 0 Å². The lowest BCUT2D eigenvalue weighted by Crippen LogP contribution is -2.49. The quantitative estimate of drug-likeness (QED) is 0.354. The molecule has 2 atom stereocenters. The molecule has 1 aromatic carbocycles. The topological polar surface area (TPSA) is 109 Å². The lowest BCUT2D eigenvalue weighted by Gasteiger charge is -2.41. The first-order valence-corrected chi connectivity index (χ1v) is 14.4. The van der Waals surface area contributed by atoms with E-state index in [9.17, 15) is 18.3 Å². The van der Waals surface area contributed by atoms with E-state index in [4.69, 9.17) is 9.47 Å². The molecule has 2 unspecified atom stereocenters. The van der Waals surface area contributed by atoms with E-state index in [1.165, 1.54) is 0 Å². The molecular weight excluding hydrogens is 539 g/mol. The van der Waals surface area contributed by atoms with Gasteiger partial charge in [0.15, 0.2) is 0 Å². The smallest absolute Gasteiger partial charge is 0.418 e. The number of guanidine groups is 1. The summed E-state index contributed by atoms with van der Waals surface area (Å²) in [5, 5.41) is 20.7. The summed E-state index contributed by atoms with van der Waals surface area (Å²) >= 11 is 0. The molecule has 0 radical (unpaired) electrons. The van der Waals surface area contributed by atoms with Crippen LogP contribution >= 0.6 is 0 Å². The summed E-state index contributed by atoms with van der Waals surface area (Å²) in [6.45, 7) is 9.33. The maximum atomic E-state index is 13.7. The van der Waals surface area contributed by atoms with Crippen LogP contribution in [-0.2, 0) is 17.3 Å². The lowest BCUT2D eigenvalue weighted by atomic mass is 9.98. The average molecular weight is 578 g/mol. The summed E-state index contributed by atoms with van der Waals surface area (Å²) in [4.78, 5) is 11.9. The molecule has 13 heteroatoms. The third kappa shape index (κ3) is 5.78. The number of ether oxygens (including phenoxy) is 2. The molecule has 0 bridgehead atoms. The largest absolute Gasteiger partial charge is 0.491 e. The number of morpholine rings is 1. The number of anilines is 2. The third-order valence-electron chi connectivity index (χ3n) is 8.33. The minimum Gasteiger partial charge on any atom is -0.491 e. The maximum absolute atomic E-state index is 13.7. The van der Waals surface area contributed by atoms with Crippen LogP contribution in [0.2, 0.25) is 0 Å². The number of aromatic amines is 1. The van der Waals surface area contributed by atoms with Crippen molar-refractivity contribution in [1.29, 1.82) is 0 Å². The van der Waals surface area contributed by atoms with Crippen molar-refractivity contribution in [3.8, 4) is 5.75 Å². The van der Waals surface area contributed by atoms with Gasteiger partial charge in [-0.2, -0.15) is 13.2 Å². The fraction of sp³-hybridized carbons (Fsp3) is 0.607. The summed E-state index contributed by atoms with van der Waals surface area (Å²) in [6, 6.07) is 4.17. The van der Waals surface area contributed by atoms with Gasteiger partial charge in [0.05, 0.1) is 31.1 Å². The van der Waals surface area contributed by atoms with E-state index >= 15 is 0 Å². The highest BCUT2D eigenvalue weighted by atomic mass is 19.4. The van der Waals surface area contributed by atoms with Crippen molar-refractivity contribution in [2.45, 2.75) is 63.8 Å². The van der Waals surface area contributed by atoms with E-state index in [2.05, 4.69) is 35.7 Å². The summed E-state index contributed by atoms with van der Waals surface area (Å²) in [5.74, 6) is 1.16. The molecule has 2 fully saturated rings. The molecule has 2 saturated heterocycles. The molecule has 6 rings (SSSR count). The highest BCUT2D eigenvalue weighted by Crippen LogP contribution is 2.42. The van der Waals surface area contributed by atoms with Crippen molar-refractivity contribution < 1.29 is 27.8 Å². The average Bonchev–Trinajstić information content (AvgIpc) is 3.62. The fourth-order valence-electron chi connectivity index (χ4n) is 6.32. The molecule has 2 aromatic rings. The first-order valence-electron chi connectivity index (χ1n) is 14.4. The number of halogens is 3. The van der Waals surface area contributed by atoms with Crippen LogP contribution in [-0.4, -0.2) is 83.9 Å². The molecule has 4 aliphatic heterocycles.